The number of rotatable bonds is 4. The fourth-order valence-electron chi connectivity index (χ4n) is 7.51. The van der Waals surface area contributed by atoms with E-state index in [0.717, 1.165) is 33.3 Å². The summed E-state index contributed by atoms with van der Waals surface area (Å²) in [5, 5.41) is 7.15. The van der Waals surface area contributed by atoms with Crippen LogP contribution in [0.3, 0.4) is 0 Å². The van der Waals surface area contributed by atoms with Crippen LogP contribution in [0.4, 0.5) is 0 Å². The predicted octanol–water partition coefficient (Wildman–Crippen LogP) is 12.8. The highest BCUT2D eigenvalue weighted by Crippen LogP contribution is 2.42. The van der Waals surface area contributed by atoms with Crippen LogP contribution >= 0.6 is 0 Å². The second-order valence-electron chi connectivity index (χ2n) is 12.5. The highest BCUT2D eigenvalue weighted by molar-refractivity contribution is 6.26. The molecule has 0 spiro atoms. The third kappa shape index (κ3) is 4.13. The van der Waals surface area contributed by atoms with E-state index >= 15 is 0 Å². The van der Waals surface area contributed by atoms with Gasteiger partial charge in [-0.3, -0.25) is 0 Å². The summed E-state index contributed by atoms with van der Waals surface area (Å²) in [5.74, 6) is 0. The maximum atomic E-state index is 6.75. The van der Waals surface area contributed by atoms with E-state index in [1.54, 1.807) is 0 Å². The van der Waals surface area contributed by atoms with Crippen LogP contribution in [-0.2, 0) is 0 Å². The molecule has 0 atom stereocenters. The quantitative estimate of drug-likeness (QED) is 0.194. The number of benzene rings is 8. The highest BCUT2D eigenvalue weighted by Gasteiger charge is 2.20. The van der Waals surface area contributed by atoms with Crippen LogP contribution in [-0.4, -0.2) is 4.57 Å². The molecule has 2 heterocycles. The van der Waals surface area contributed by atoms with Crippen LogP contribution in [0.5, 0.6) is 0 Å². The fourth-order valence-corrected chi connectivity index (χ4v) is 7.51. The molecule has 0 N–H and O–H groups in total. The monoisotopic (exact) mass is 611 g/mol. The lowest BCUT2D eigenvalue weighted by molar-refractivity contribution is 0.671. The molecule has 10 rings (SSSR count). The summed E-state index contributed by atoms with van der Waals surface area (Å²) in [4.78, 5) is 0. The minimum absolute atomic E-state index is 0.913. The molecule has 0 radical (unpaired) electrons. The summed E-state index contributed by atoms with van der Waals surface area (Å²) >= 11 is 0. The summed E-state index contributed by atoms with van der Waals surface area (Å²) in [6.07, 6.45) is 0. The van der Waals surface area contributed by atoms with Gasteiger partial charge < -0.3 is 8.98 Å². The van der Waals surface area contributed by atoms with Crippen LogP contribution in [0.25, 0.3) is 93.6 Å². The first-order chi connectivity index (χ1) is 23.8. The van der Waals surface area contributed by atoms with Crippen molar-refractivity contribution in [2.24, 2.45) is 0 Å². The molecule has 0 unspecified atom stereocenters. The van der Waals surface area contributed by atoms with E-state index in [1.165, 1.54) is 60.3 Å². The molecule has 0 saturated carbocycles. The van der Waals surface area contributed by atoms with Crippen LogP contribution < -0.4 is 0 Å². The Morgan fingerprint density at radius 2 is 0.938 bits per heavy atom. The standard InChI is InChI=1S/C46H29NO/c1-3-11-30(12-4-1)34-27-35(31-13-5-2-6-14-31)29-36(28-34)32-19-22-37(23-20-32)47-42-18-10-9-17-39(42)40-24-25-41-44-38-16-8-7-15-33(38)21-26-43(44)48-46(41)45(40)47/h1-29H. The van der Waals surface area contributed by atoms with Crippen molar-refractivity contribution in [1.82, 2.24) is 4.57 Å². The van der Waals surface area contributed by atoms with Gasteiger partial charge in [-0.25, -0.2) is 0 Å². The lowest BCUT2D eigenvalue weighted by Crippen LogP contribution is -1.94. The van der Waals surface area contributed by atoms with E-state index in [9.17, 15) is 0 Å². The maximum absolute atomic E-state index is 6.75. The molecular formula is C46H29NO. The Morgan fingerprint density at radius 1 is 0.375 bits per heavy atom. The van der Waals surface area contributed by atoms with Crippen LogP contribution in [0.15, 0.2) is 180 Å². The molecule has 2 nitrogen and oxygen atoms in total. The van der Waals surface area contributed by atoms with Crippen molar-refractivity contribution in [3.63, 3.8) is 0 Å². The smallest absolute Gasteiger partial charge is 0.160 e. The zero-order chi connectivity index (χ0) is 31.6. The van der Waals surface area contributed by atoms with Crippen LogP contribution in [0.1, 0.15) is 0 Å². The first-order valence-electron chi connectivity index (χ1n) is 16.4. The Morgan fingerprint density at radius 3 is 1.62 bits per heavy atom. The van der Waals surface area contributed by atoms with E-state index in [1.807, 2.05) is 0 Å². The van der Waals surface area contributed by atoms with E-state index in [-0.39, 0.29) is 0 Å². The van der Waals surface area contributed by atoms with Gasteiger partial charge in [-0.2, -0.15) is 0 Å². The molecule has 2 aromatic heterocycles. The van der Waals surface area contributed by atoms with Gasteiger partial charge in [-0.05, 0) is 92.7 Å². The number of hydrogen-bond acceptors (Lipinski definition) is 1. The van der Waals surface area contributed by atoms with E-state index < -0.39 is 0 Å². The van der Waals surface area contributed by atoms with Gasteiger partial charge in [0.25, 0.3) is 0 Å². The van der Waals surface area contributed by atoms with Crippen molar-refractivity contribution in [2.45, 2.75) is 0 Å². The van der Waals surface area contributed by atoms with E-state index in [4.69, 9.17) is 4.42 Å². The third-order valence-corrected chi connectivity index (χ3v) is 9.77. The number of hydrogen-bond donors (Lipinski definition) is 0. The Labute approximate surface area is 277 Å². The molecule has 0 aliphatic rings. The second-order valence-corrected chi connectivity index (χ2v) is 12.5. The van der Waals surface area contributed by atoms with E-state index in [0.29, 0.717) is 0 Å². The Balaban J connectivity index is 1.18. The molecule has 0 bridgehead atoms. The zero-order valence-corrected chi connectivity index (χ0v) is 26.1. The summed E-state index contributed by atoms with van der Waals surface area (Å²) in [7, 11) is 0. The number of fused-ring (bicyclic) bond motifs is 9. The zero-order valence-electron chi connectivity index (χ0n) is 26.1. The summed E-state index contributed by atoms with van der Waals surface area (Å²) < 4.78 is 9.12. The van der Waals surface area contributed by atoms with Crippen molar-refractivity contribution in [1.29, 1.82) is 0 Å². The molecule has 0 fully saturated rings. The van der Waals surface area contributed by atoms with Crippen molar-refractivity contribution < 1.29 is 4.42 Å². The van der Waals surface area contributed by atoms with Crippen molar-refractivity contribution in [2.75, 3.05) is 0 Å². The number of para-hydroxylation sites is 1. The summed E-state index contributed by atoms with van der Waals surface area (Å²) in [6, 6.07) is 63.2. The molecule has 0 aliphatic carbocycles. The minimum Gasteiger partial charge on any atom is -0.454 e. The van der Waals surface area contributed by atoms with E-state index in [2.05, 4.69) is 180 Å². The maximum Gasteiger partial charge on any atom is 0.160 e. The van der Waals surface area contributed by atoms with Crippen molar-refractivity contribution >= 4 is 54.5 Å². The summed E-state index contributed by atoms with van der Waals surface area (Å²) in [5.41, 5.74) is 12.4. The third-order valence-electron chi connectivity index (χ3n) is 9.77. The van der Waals surface area contributed by atoms with Gasteiger partial charge in [0.2, 0.25) is 0 Å². The van der Waals surface area contributed by atoms with Gasteiger partial charge >= 0.3 is 0 Å². The normalized spacial score (nSPS) is 11.8. The first kappa shape index (κ1) is 26.8. The molecule has 0 amide bonds. The molecule has 48 heavy (non-hydrogen) atoms. The fraction of sp³-hybridized carbons (Fsp3) is 0. The molecular weight excluding hydrogens is 583 g/mol. The lowest BCUT2D eigenvalue weighted by Gasteiger charge is -2.13. The second kappa shape index (κ2) is 10.6. The summed E-state index contributed by atoms with van der Waals surface area (Å²) in [6.45, 7) is 0. The number of furan rings is 1. The first-order valence-corrected chi connectivity index (χ1v) is 16.4. The van der Waals surface area contributed by atoms with Gasteiger partial charge in [-0.1, -0.05) is 127 Å². The number of nitrogens with zero attached hydrogens (tertiary/aromatic N) is 1. The van der Waals surface area contributed by atoms with Gasteiger partial charge in [0.05, 0.1) is 11.0 Å². The SMILES string of the molecule is c1ccc(-c2cc(-c3ccccc3)cc(-c3ccc(-n4c5ccccc5c5ccc6c(oc7ccc8ccccc8c76)c54)cc3)c2)cc1. The van der Waals surface area contributed by atoms with Crippen molar-refractivity contribution in [3.8, 4) is 39.1 Å². The van der Waals surface area contributed by atoms with Crippen molar-refractivity contribution in [3.05, 3.63) is 176 Å². The Kier molecular flexibility index (Phi) is 5.91. The molecule has 2 heteroatoms. The van der Waals surface area contributed by atoms with Crippen LogP contribution in [0.2, 0.25) is 0 Å². The minimum atomic E-state index is 0.913. The predicted molar refractivity (Wildman–Crippen MR) is 202 cm³/mol. The lowest BCUT2D eigenvalue weighted by atomic mass is 9.93. The average Bonchev–Trinajstić information content (AvgIpc) is 3.72. The van der Waals surface area contributed by atoms with Gasteiger partial charge in [0, 0.05) is 27.2 Å². The molecule has 8 aromatic carbocycles. The molecule has 10 aromatic rings. The van der Waals surface area contributed by atoms with Gasteiger partial charge in [0.1, 0.15) is 5.58 Å². The average molecular weight is 612 g/mol. The highest BCUT2D eigenvalue weighted by atomic mass is 16.3. The Hall–Kier alpha value is -6.38. The molecule has 224 valence electrons. The largest absolute Gasteiger partial charge is 0.454 e. The Bertz CT molecular complexity index is 2750. The molecule has 0 aliphatic heterocycles. The molecule has 0 saturated heterocycles. The topological polar surface area (TPSA) is 18.1 Å². The number of aromatic nitrogens is 1. The van der Waals surface area contributed by atoms with Gasteiger partial charge in [-0.15, -0.1) is 0 Å². The van der Waals surface area contributed by atoms with Crippen LogP contribution in [0, 0.1) is 0 Å². The van der Waals surface area contributed by atoms with Gasteiger partial charge in [0.15, 0.2) is 5.58 Å².